The number of hydrogen-bond acceptors (Lipinski definition) is 6. The van der Waals surface area contributed by atoms with Crippen molar-refractivity contribution in [3.05, 3.63) is 0 Å². The minimum Gasteiger partial charge on any atom is -0.395 e. The number of hydrogen-bond donors (Lipinski definition) is 4. The van der Waals surface area contributed by atoms with Gasteiger partial charge in [0.05, 0.1) is 13.2 Å². The third kappa shape index (κ3) is 7.81. The van der Waals surface area contributed by atoms with Crippen molar-refractivity contribution >= 4 is 0 Å². The van der Waals surface area contributed by atoms with Gasteiger partial charge < -0.3 is 26.2 Å². The zero-order valence-corrected chi connectivity index (χ0v) is 12.7. The summed E-state index contributed by atoms with van der Waals surface area (Å²) in [4.78, 5) is 4.40. The summed E-state index contributed by atoms with van der Waals surface area (Å²) >= 11 is 0. The molecule has 0 aliphatic carbocycles. The zero-order chi connectivity index (χ0) is 14.7. The fraction of sp³-hybridized carbons (Fsp3) is 1.00. The SMILES string of the molecule is CN(C)C(CCNCCO)C(CCN)N(C)CCO. The number of nitrogens with one attached hydrogen (secondary N) is 1. The first-order valence-electron chi connectivity index (χ1n) is 7.07. The molecule has 0 aliphatic rings. The van der Waals surface area contributed by atoms with Crippen LogP contribution in [0.15, 0.2) is 0 Å². The summed E-state index contributed by atoms with van der Waals surface area (Å²) in [6.07, 6.45) is 1.91. The third-order valence-electron chi connectivity index (χ3n) is 3.49. The van der Waals surface area contributed by atoms with Crippen LogP contribution in [-0.2, 0) is 0 Å². The van der Waals surface area contributed by atoms with Gasteiger partial charge in [0.1, 0.15) is 0 Å². The van der Waals surface area contributed by atoms with Crippen molar-refractivity contribution in [2.24, 2.45) is 5.73 Å². The van der Waals surface area contributed by atoms with E-state index in [1.165, 1.54) is 0 Å². The fourth-order valence-electron chi connectivity index (χ4n) is 2.45. The van der Waals surface area contributed by atoms with Crippen molar-refractivity contribution in [2.75, 3.05) is 60.5 Å². The summed E-state index contributed by atoms with van der Waals surface area (Å²) in [5.74, 6) is 0. The highest BCUT2D eigenvalue weighted by molar-refractivity contribution is 4.84. The second-order valence-corrected chi connectivity index (χ2v) is 5.14. The fourth-order valence-corrected chi connectivity index (χ4v) is 2.45. The van der Waals surface area contributed by atoms with Crippen LogP contribution in [0.2, 0.25) is 0 Å². The Bertz CT molecular complexity index is 205. The van der Waals surface area contributed by atoms with Gasteiger partial charge in [0.2, 0.25) is 0 Å². The standard InChI is InChI=1S/C13H32N4O2/c1-16(2)12(5-7-15-8-10-18)13(4-6-14)17(3)9-11-19/h12-13,15,18-19H,4-11,14H2,1-3H3. The van der Waals surface area contributed by atoms with Crippen LogP contribution in [0.4, 0.5) is 0 Å². The molecule has 0 aromatic heterocycles. The van der Waals surface area contributed by atoms with Crippen LogP contribution in [-0.4, -0.2) is 92.6 Å². The number of likely N-dealkylation sites (N-methyl/N-ethyl adjacent to an activating group) is 2. The van der Waals surface area contributed by atoms with Crippen molar-refractivity contribution < 1.29 is 10.2 Å². The normalized spacial score (nSPS) is 15.2. The van der Waals surface area contributed by atoms with E-state index in [2.05, 4.69) is 29.2 Å². The Morgan fingerprint density at radius 1 is 1.00 bits per heavy atom. The molecule has 0 amide bonds. The molecular formula is C13H32N4O2. The summed E-state index contributed by atoms with van der Waals surface area (Å²) in [5, 5.41) is 21.1. The van der Waals surface area contributed by atoms with E-state index in [1.807, 2.05) is 7.05 Å². The van der Waals surface area contributed by atoms with Crippen LogP contribution < -0.4 is 11.1 Å². The van der Waals surface area contributed by atoms with Crippen molar-refractivity contribution in [3.63, 3.8) is 0 Å². The Balaban J connectivity index is 4.47. The average Bonchev–Trinajstić information content (AvgIpc) is 2.37. The molecule has 2 unspecified atom stereocenters. The molecule has 116 valence electrons. The van der Waals surface area contributed by atoms with E-state index < -0.39 is 0 Å². The summed E-state index contributed by atoms with van der Waals surface area (Å²) in [6, 6.07) is 0.717. The van der Waals surface area contributed by atoms with Crippen LogP contribution in [0.3, 0.4) is 0 Å². The number of aliphatic hydroxyl groups is 2. The predicted molar refractivity (Wildman–Crippen MR) is 79.2 cm³/mol. The Kier molecular flexibility index (Phi) is 11.4. The highest BCUT2D eigenvalue weighted by atomic mass is 16.3. The molecular weight excluding hydrogens is 244 g/mol. The van der Waals surface area contributed by atoms with E-state index in [0.717, 1.165) is 19.4 Å². The molecule has 0 saturated heterocycles. The minimum absolute atomic E-state index is 0.167. The minimum atomic E-state index is 0.167. The van der Waals surface area contributed by atoms with E-state index in [4.69, 9.17) is 15.9 Å². The highest BCUT2D eigenvalue weighted by Gasteiger charge is 2.25. The number of nitrogens with two attached hydrogens (primary N) is 1. The molecule has 0 fully saturated rings. The van der Waals surface area contributed by atoms with Crippen LogP contribution in [0.1, 0.15) is 12.8 Å². The maximum Gasteiger partial charge on any atom is 0.0558 e. The lowest BCUT2D eigenvalue weighted by Crippen LogP contribution is -2.50. The van der Waals surface area contributed by atoms with E-state index in [9.17, 15) is 0 Å². The van der Waals surface area contributed by atoms with E-state index in [1.54, 1.807) is 0 Å². The number of nitrogens with zero attached hydrogens (tertiary/aromatic N) is 2. The topological polar surface area (TPSA) is 85.0 Å². The maximum absolute atomic E-state index is 9.09. The first-order chi connectivity index (χ1) is 9.08. The van der Waals surface area contributed by atoms with Gasteiger partial charge in [-0.15, -0.1) is 0 Å². The lowest BCUT2D eigenvalue weighted by Gasteiger charge is -2.38. The van der Waals surface area contributed by atoms with Crippen molar-refractivity contribution in [3.8, 4) is 0 Å². The van der Waals surface area contributed by atoms with Gasteiger partial charge in [-0.05, 0) is 47.1 Å². The lowest BCUT2D eigenvalue weighted by atomic mass is 9.99. The van der Waals surface area contributed by atoms with Crippen LogP contribution in [0.5, 0.6) is 0 Å². The van der Waals surface area contributed by atoms with Gasteiger partial charge in [-0.3, -0.25) is 4.90 Å². The second-order valence-electron chi connectivity index (χ2n) is 5.14. The molecule has 6 nitrogen and oxygen atoms in total. The molecule has 6 heteroatoms. The zero-order valence-electron chi connectivity index (χ0n) is 12.7. The number of rotatable bonds is 12. The molecule has 0 heterocycles. The summed E-state index contributed by atoms with van der Waals surface area (Å²) in [6.45, 7) is 3.16. The molecule has 5 N–H and O–H groups in total. The average molecular weight is 276 g/mol. The Morgan fingerprint density at radius 3 is 2.16 bits per heavy atom. The molecule has 0 bridgehead atoms. The molecule has 0 saturated carbocycles. The van der Waals surface area contributed by atoms with Gasteiger partial charge in [0.15, 0.2) is 0 Å². The summed E-state index contributed by atoms with van der Waals surface area (Å²) in [5.41, 5.74) is 5.72. The van der Waals surface area contributed by atoms with Gasteiger partial charge in [0.25, 0.3) is 0 Å². The molecule has 0 radical (unpaired) electrons. The van der Waals surface area contributed by atoms with Crippen molar-refractivity contribution in [1.82, 2.24) is 15.1 Å². The lowest BCUT2D eigenvalue weighted by molar-refractivity contribution is 0.0996. The first-order valence-corrected chi connectivity index (χ1v) is 7.07. The van der Waals surface area contributed by atoms with Crippen molar-refractivity contribution in [2.45, 2.75) is 24.9 Å². The van der Waals surface area contributed by atoms with Crippen LogP contribution in [0, 0.1) is 0 Å². The number of aliphatic hydroxyl groups excluding tert-OH is 2. The summed E-state index contributed by atoms with van der Waals surface area (Å²) < 4.78 is 0. The smallest absolute Gasteiger partial charge is 0.0558 e. The van der Waals surface area contributed by atoms with Gasteiger partial charge in [-0.2, -0.15) is 0 Å². The van der Waals surface area contributed by atoms with Crippen LogP contribution >= 0.6 is 0 Å². The first kappa shape index (κ1) is 18.8. The molecule has 0 aromatic carbocycles. The quantitative estimate of drug-likeness (QED) is 0.326. The van der Waals surface area contributed by atoms with Crippen molar-refractivity contribution in [1.29, 1.82) is 0 Å². The molecule has 0 spiro atoms. The van der Waals surface area contributed by atoms with E-state index in [-0.39, 0.29) is 13.2 Å². The summed E-state index contributed by atoms with van der Waals surface area (Å²) in [7, 11) is 6.19. The molecule has 0 aromatic rings. The molecule has 19 heavy (non-hydrogen) atoms. The molecule has 2 atom stereocenters. The van der Waals surface area contributed by atoms with Gasteiger partial charge in [-0.1, -0.05) is 0 Å². The van der Waals surface area contributed by atoms with Gasteiger partial charge in [-0.25, -0.2) is 0 Å². The Labute approximate surface area is 117 Å². The van der Waals surface area contributed by atoms with Crippen LogP contribution in [0.25, 0.3) is 0 Å². The molecule has 0 aliphatic heterocycles. The molecule has 0 rings (SSSR count). The second kappa shape index (κ2) is 11.6. The van der Waals surface area contributed by atoms with E-state index in [0.29, 0.717) is 31.7 Å². The van der Waals surface area contributed by atoms with Gasteiger partial charge in [0, 0.05) is 25.2 Å². The monoisotopic (exact) mass is 276 g/mol. The van der Waals surface area contributed by atoms with E-state index >= 15 is 0 Å². The highest BCUT2D eigenvalue weighted by Crippen LogP contribution is 2.14. The Hall–Kier alpha value is -0.240. The third-order valence-corrected chi connectivity index (χ3v) is 3.49. The van der Waals surface area contributed by atoms with Gasteiger partial charge >= 0.3 is 0 Å². The Morgan fingerprint density at radius 2 is 1.68 bits per heavy atom. The largest absolute Gasteiger partial charge is 0.395 e. The predicted octanol–water partition coefficient (Wildman–Crippen LogP) is -1.47. The maximum atomic E-state index is 9.09.